The van der Waals surface area contributed by atoms with Gasteiger partial charge in [0.05, 0.1) is 0 Å². The summed E-state index contributed by atoms with van der Waals surface area (Å²) in [4.78, 5) is 6.77. The molecule has 1 rings (SSSR count). The first-order chi connectivity index (χ1) is 6.77. The molecule has 0 aromatic heterocycles. The Hall–Kier alpha value is -1.12. The van der Waals surface area contributed by atoms with Crippen molar-refractivity contribution in [2.45, 2.75) is 33.1 Å². The van der Waals surface area contributed by atoms with Crippen LogP contribution in [0.3, 0.4) is 0 Å². The molecule has 0 atom stereocenters. The molecule has 0 bridgehead atoms. The summed E-state index contributed by atoms with van der Waals surface area (Å²) < 4.78 is 0. The van der Waals surface area contributed by atoms with Gasteiger partial charge in [-0.15, -0.1) is 0 Å². The van der Waals surface area contributed by atoms with Gasteiger partial charge in [0.15, 0.2) is 0 Å². The van der Waals surface area contributed by atoms with Crippen LogP contribution in [0.4, 0.5) is 0 Å². The number of rotatable bonds is 3. The fourth-order valence-corrected chi connectivity index (χ4v) is 1.59. The van der Waals surface area contributed by atoms with Gasteiger partial charge in [-0.25, -0.2) is 4.99 Å². The second-order valence-corrected chi connectivity index (χ2v) is 3.61. The number of allylic oxidation sites excluding steroid dienone is 1. The summed E-state index contributed by atoms with van der Waals surface area (Å²) in [5.41, 5.74) is 0.898. The maximum absolute atomic E-state index is 7.04. The molecule has 3 nitrogen and oxygen atoms in total. The average molecular weight is 193 g/mol. The number of aliphatic imine (C=N–C) groups is 1. The van der Waals surface area contributed by atoms with Gasteiger partial charge in [0.1, 0.15) is 5.84 Å². The summed E-state index contributed by atoms with van der Waals surface area (Å²) in [7, 11) is 0. The molecule has 0 aliphatic carbocycles. The van der Waals surface area contributed by atoms with Crippen LogP contribution in [0.15, 0.2) is 16.8 Å². The van der Waals surface area contributed by atoms with Gasteiger partial charge < -0.3 is 10.3 Å². The zero-order valence-corrected chi connectivity index (χ0v) is 9.08. The zero-order valence-electron chi connectivity index (χ0n) is 9.08. The van der Waals surface area contributed by atoms with Crippen LogP contribution in [0.5, 0.6) is 0 Å². The van der Waals surface area contributed by atoms with E-state index in [1.807, 2.05) is 6.92 Å². The third kappa shape index (κ3) is 2.98. The molecule has 0 saturated carbocycles. The standard InChI is InChI=1S/C11H19N3/c1-3-11(13-9-10(2)8-12)14-6-4-5-7-14/h8-9,12H,3-7H2,1-2H3/b10-9+,12-8?,13-11?. The first kappa shape index (κ1) is 11.0. The second kappa shape index (κ2) is 5.58. The van der Waals surface area contributed by atoms with E-state index >= 15 is 0 Å². The molecule has 1 fully saturated rings. The lowest BCUT2D eigenvalue weighted by molar-refractivity contribution is 0.509. The molecule has 3 heteroatoms. The van der Waals surface area contributed by atoms with Crippen molar-refractivity contribution in [2.24, 2.45) is 4.99 Å². The Morgan fingerprint density at radius 1 is 1.43 bits per heavy atom. The van der Waals surface area contributed by atoms with Crippen LogP contribution < -0.4 is 0 Å². The van der Waals surface area contributed by atoms with E-state index < -0.39 is 0 Å². The monoisotopic (exact) mass is 193 g/mol. The van der Waals surface area contributed by atoms with E-state index in [2.05, 4.69) is 16.8 Å². The molecular formula is C11H19N3. The van der Waals surface area contributed by atoms with Crippen LogP contribution in [0.2, 0.25) is 0 Å². The van der Waals surface area contributed by atoms with Crippen LogP contribution in [-0.4, -0.2) is 30.0 Å². The topological polar surface area (TPSA) is 39.5 Å². The average Bonchev–Trinajstić information content (AvgIpc) is 2.72. The Labute approximate surface area is 86.0 Å². The van der Waals surface area contributed by atoms with E-state index in [0.29, 0.717) is 0 Å². The largest absolute Gasteiger partial charge is 0.360 e. The van der Waals surface area contributed by atoms with Gasteiger partial charge >= 0.3 is 0 Å². The lowest BCUT2D eigenvalue weighted by Gasteiger charge is -2.18. The number of amidine groups is 1. The molecule has 0 aromatic carbocycles. The summed E-state index contributed by atoms with van der Waals surface area (Å²) in [6.45, 7) is 6.31. The number of nitrogens with zero attached hydrogens (tertiary/aromatic N) is 2. The van der Waals surface area contributed by atoms with Gasteiger partial charge in [-0.2, -0.15) is 0 Å². The highest BCUT2D eigenvalue weighted by atomic mass is 15.2. The summed E-state index contributed by atoms with van der Waals surface area (Å²) >= 11 is 0. The minimum Gasteiger partial charge on any atom is -0.360 e. The fraction of sp³-hybridized carbons (Fsp3) is 0.636. The predicted octanol–water partition coefficient (Wildman–Crippen LogP) is 2.44. The molecule has 14 heavy (non-hydrogen) atoms. The lowest BCUT2D eigenvalue weighted by Crippen LogP contribution is -2.26. The maximum atomic E-state index is 7.04. The van der Waals surface area contributed by atoms with Gasteiger partial charge in [0, 0.05) is 31.9 Å². The molecule has 1 aliphatic rings. The van der Waals surface area contributed by atoms with Gasteiger partial charge in [0.25, 0.3) is 0 Å². The Kier molecular flexibility index (Phi) is 4.36. The van der Waals surface area contributed by atoms with Crippen LogP contribution in [0, 0.1) is 5.41 Å². The smallest absolute Gasteiger partial charge is 0.104 e. The highest BCUT2D eigenvalue weighted by molar-refractivity contribution is 5.83. The van der Waals surface area contributed by atoms with Crippen molar-refractivity contribution in [2.75, 3.05) is 13.1 Å². The first-order valence-electron chi connectivity index (χ1n) is 5.26. The predicted molar refractivity (Wildman–Crippen MR) is 61.1 cm³/mol. The summed E-state index contributed by atoms with van der Waals surface area (Å²) in [6, 6.07) is 0. The van der Waals surface area contributed by atoms with Crippen molar-refractivity contribution in [3.8, 4) is 0 Å². The third-order valence-corrected chi connectivity index (χ3v) is 2.43. The molecule has 1 N–H and O–H groups in total. The number of hydrogen-bond donors (Lipinski definition) is 1. The minimum atomic E-state index is 0.898. The Bertz CT molecular complexity index is 247. The van der Waals surface area contributed by atoms with E-state index in [1.54, 1.807) is 6.20 Å². The zero-order chi connectivity index (χ0) is 10.4. The first-order valence-corrected chi connectivity index (χ1v) is 5.26. The number of nitrogens with one attached hydrogen (secondary N) is 1. The molecule has 0 aromatic rings. The van der Waals surface area contributed by atoms with E-state index in [9.17, 15) is 0 Å². The highest BCUT2D eigenvalue weighted by Crippen LogP contribution is 2.10. The molecule has 0 unspecified atom stereocenters. The quantitative estimate of drug-likeness (QED) is 0.542. The van der Waals surface area contributed by atoms with E-state index in [4.69, 9.17) is 5.41 Å². The normalized spacial score (nSPS) is 18.9. The summed E-state index contributed by atoms with van der Waals surface area (Å²) in [6.07, 6.45) is 6.66. The molecule has 1 aliphatic heterocycles. The van der Waals surface area contributed by atoms with Crippen LogP contribution >= 0.6 is 0 Å². The number of likely N-dealkylation sites (tertiary alicyclic amines) is 1. The SMILES string of the molecule is CCC(=N/C=C(\C)C=N)N1CCCC1. The van der Waals surface area contributed by atoms with Crippen molar-refractivity contribution < 1.29 is 0 Å². The van der Waals surface area contributed by atoms with Crippen LogP contribution in [0.1, 0.15) is 33.1 Å². The second-order valence-electron chi connectivity index (χ2n) is 3.61. The van der Waals surface area contributed by atoms with Crippen molar-refractivity contribution in [1.29, 1.82) is 5.41 Å². The van der Waals surface area contributed by atoms with Crippen molar-refractivity contribution >= 4 is 12.1 Å². The van der Waals surface area contributed by atoms with Crippen LogP contribution in [0.25, 0.3) is 0 Å². The van der Waals surface area contributed by atoms with Crippen molar-refractivity contribution in [1.82, 2.24) is 4.90 Å². The summed E-state index contributed by atoms with van der Waals surface area (Å²) in [5.74, 6) is 1.16. The third-order valence-electron chi connectivity index (χ3n) is 2.43. The molecule has 1 saturated heterocycles. The Morgan fingerprint density at radius 2 is 2.07 bits per heavy atom. The van der Waals surface area contributed by atoms with Gasteiger partial charge in [0.2, 0.25) is 0 Å². The molecule has 0 spiro atoms. The highest BCUT2D eigenvalue weighted by Gasteiger charge is 2.13. The summed E-state index contributed by atoms with van der Waals surface area (Å²) in [5, 5.41) is 7.04. The minimum absolute atomic E-state index is 0.898. The van der Waals surface area contributed by atoms with Crippen molar-refractivity contribution in [3.63, 3.8) is 0 Å². The van der Waals surface area contributed by atoms with Crippen LogP contribution in [-0.2, 0) is 0 Å². The van der Waals surface area contributed by atoms with Gasteiger partial charge in [-0.3, -0.25) is 0 Å². The van der Waals surface area contributed by atoms with Gasteiger partial charge in [-0.05, 0) is 25.3 Å². The fourth-order valence-electron chi connectivity index (χ4n) is 1.59. The Morgan fingerprint density at radius 3 is 2.57 bits per heavy atom. The molecule has 1 heterocycles. The molecule has 0 amide bonds. The van der Waals surface area contributed by atoms with E-state index in [1.165, 1.54) is 19.1 Å². The number of hydrogen-bond acceptors (Lipinski definition) is 2. The maximum Gasteiger partial charge on any atom is 0.104 e. The van der Waals surface area contributed by atoms with Gasteiger partial charge in [-0.1, -0.05) is 6.92 Å². The molecule has 78 valence electrons. The molecule has 0 radical (unpaired) electrons. The van der Waals surface area contributed by atoms with E-state index in [0.717, 1.165) is 30.9 Å². The van der Waals surface area contributed by atoms with Crippen molar-refractivity contribution in [3.05, 3.63) is 11.8 Å². The molecular weight excluding hydrogens is 174 g/mol. The Balaban J connectivity index is 2.64. The van der Waals surface area contributed by atoms with E-state index in [-0.39, 0.29) is 0 Å². The lowest BCUT2D eigenvalue weighted by atomic mass is 10.3.